The second-order valence-corrected chi connectivity index (χ2v) is 6.31. The average Bonchev–Trinajstić information content (AvgIpc) is 2.56. The van der Waals surface area contributed by atoms with E-state index in [1.54, 1.807) is 26.2 Å². The van der Waals surface area contributed by atoms with Gasteiger partial charge in [0.15, 0.2) is 11.5 Å². The van der Waals surface area contributed by atoms with Gasteiger partial charge in [-0.05, 0) is 36.8 Å². The molecule has 130 valence electrons. The number of rotatable bonds is 8. The predicted octanol–water partition coefficient (Wildman–Crippen LogP) is 3.65. The maximum atomic E-state index is 13.0. The predicted molar refractivity (Wildman–Crippen MR) is 94.8 cm³/mol. The molecule has 0 aliphatic heterocycles. The molecule has 6 heteroatoms. The van der Waals surface area contributed by atoms with E-state index in [1.807, 2.05) is 12.1 Å². The van der Waals surface area contributed by atoms with Gasteiger partial charge in [0.1, 0.15) is 12.4 Å². The van der Waals surface area contributed by atoms with Crippen LogP contribution in [0.25, 0.3) is 0 Å². The van der Waals surface area contributed by atoms with E-state index >= 15 is 0 Å². The Bertz CT molecular complexity index is 662. The number of aliphatic hydroxyl groups is 1. The molecule has 2 aromatic carbocycles. The molecular weight excluding hydrogens is 377 g/mol. The molecule has 0 aromatic heterocycles. The molecule has 0 aliphatic rings. The Balaban J connectivity index is 2.18. The van der Waals surface area contributed by atoms with Crippen molar-refractivity contribution in [2.75, 3.05) is 13.7 Å². The van der Waals surface area contributed by atoms with Crippen LogP contribution in [0.5, 0.6) is 11.5 Å². The zero-order valence-electron chi connectivity index (χ0n) is 13.7. The number of ether oxygens (including phenoxy) is 2. The second-order valence-electron chi connectivity index (χ2n) is 5.45. The summed E-state index contributed by atoms with van der Waals surface area (Å²) in [7, 11) is 1.58. The number of benzene rings is 2. The molecule has 1 atom stereocenters. The molecular formula is C18H21BrFNO3. The molecule has 0 saturated heterocycles. The fourth-order valence-corrected chi connectivity index (χ4v) is 2.66. The van der Waals surface area contributed by atoms with Crippen LogP contribution < -0.4 is 14.8 Å². The van der Waals surface area contributed by atoms with Crippen molar-refractivity contribution in [2.45, 2.75) is 26.2 Å². The van der Waals surface area contributed by atoms with Gasteiger partial charge >= 0.3 is 0 Å². The number of aliphatic hydroxyl groups excluding tert-OH is 1. The van der Waals surface area contributed by atoms with Crippen LogP contribution in [0.4, 0.5) is 4.39 Å². The summed E-state index contributed by atoms with van der Waals surface area (Å²) in [6.45, 7) is 3.01. The molecule has 0 bridgehead atoms. The number of hydrogen-bond acceptors (Lipinski definition) is 4. The minimum Gasteiger partial charge on any atom is -0.493 e. The third-order valence-electron chi connectivity index (χ3n) is 3.43. The Kier molecular flexibility index (Phi) is 7.02. The molecule has 2 rings (SSSR count). The van der Waals surface area contributed by atoms with Crippen molar-refractivity contribution >= 4 is 15.9 Å². The summed E-state index contributed by atoms with van der Waals surface area (Å²) in [5.74, 6) is 0.963. The fourth-order valence-electron chi connectivity index (χ4n) is 2.21. The minimum absolute atomic E-state index is 0.276. The van der Waals surface area contributed by atoms with Crippen molar-refractivity contribution in [1.82, 2.24) is 5.32 Å². The molecule has 2 N–H and O–H groups in total. The highest BCUT2D eigenvalue weighted by atomic mass is 79.9. The Labute approximate surface area is 149 Å². The summed E-state index contributed by atoms with van der Waals surface area (Å²) < 4.78 is 25.2. The third kappa shape index (κ3) is 5.19. The van der Waals surface area contributed by atoms with Gasteiger partial charge in [-0.2, -0.15) is 0 Å². The van der Waals surface area contributed by atoms with Crippen LogP contribution in [0.1, 0.15) is 18.1 Å². The summed E-state index contributed by atoms with van der Waals surface area (Å²) >= 11 is 3.53. The standard InChI is InChI=1S/C18H21BrFNO3/c1-12(22)9-21-10-15-16(19)7-8-17(23-2)18(15)24-11-13-3-5-14(20)6-4-13/h3-8,12,21-22H,9-11H2,1-2H3. The van der Waals surface area contributed by atoms with Crippen LogP contribution in [-0.2, 0) is 13.2 Å². The Morgan fingerprint density at radius 2 is 1.92 bits per heavy atom. The lowest BCUT2D eigenvalue weighted by molar-refractivity contribution is 0.190. The lowest BCUT2D eigenvalue weighted by atomic mass is 10.1. The zero-order chi connectivity index (χ0) is 17.5. The van der Waals surface area contributed by atoms with Crippen LogP contribution in [0.3, 0.4) is 0 Å². The van der Waals surface area contributed by atoms with Crippen LogP contribution in [-0.4, -0.2) is 24.9 Å². The molecule has 2 aromatic rings. The molecule has 0 aliphatic carbocycles. The van der Waals surface area contributed by atoms with Crippen LogP contribution >= 0.6 is 15.9 Å². The summed E-state index contributed by atoms with van der Waals surface area (Å²) in [6.07, 6.45) is -0.432. The van der Waals surface area contributed by atoms with Gasteiger partial charge in [-0.15, -0.1) is 0 Å². The highest BCUT2D eigenvalue weighted by Gasteiger charge is 2.15. The largest absolute Gasteiger partial charge is 0.493 e. The van der Waals surface area contributed by atoms with Crippen molar-refractivity contribution in [2.24, 2.45) is 0 Å². The fraction of sp³-hybridized carbons (Fsp3) is 0.333. The first-order chi connectivity index (χ1) is 11.5. The first kappa shape index (κ1) is 18.7. The van der Waals surface area contributed by atoms with E-state index in [2.05, 4.69) is 21.2 Å². The van der Waals surface area contributed by atoms with Crippen molar-refractivity contribution in [3.63, 3.8) is 0 Å². The first-order valence-corrected chi connectivity index (χ1v) is 8.42. The van der Waals surface area contributed by atoms with E-state index in [9.17, 15) is 9.50 Å². The summed E-state index contributed by atoms with van der Waals surface area (Å²) in [5, 5.41) is 12.6. The molecule has 0 radical (unpaired) electrons. The Morgan fingerprint density at radius 1 is 1.21 bits per heavy atom. The van der Waals surface area contributed by atoms with Gasteiger partial charge < -0.3 is 19.9 Å². The maximum Gasteiger partial charge on any atom is 0.167 e. The molecule has 0 spiro atoms. The lowest BCUT2D eigenvalue weighted by Gasteiger charge is -2.17. The number of methoxy groups -OCH3 is 1. The third-order valence-corrected chi connectivity index (χ3v) is 4.17. The molecule has 0 fully saturated rings. The van der Waals surface area contributed by atoms with E-state index in [0.717, 1.165) is 15.6 Å². The summed E-state index contributed by atoms with van der Waals surface area (Å²) in [6, 6.07) is 9.89. The van der Waals surface area contributed by atoms with Crippen LogP contribution in [0, 0.1) is 5.82 Å². The minimum atomic E-state index is -0.432. The molecule has 24 heavy (non-hydrogen) atoms. The average molecular weight is 398 g/mol. The summed E-state index contributed by atoms with van der Waals surface area (Å²) in [5.41, 5.74) is 1.76. The quantitative estimate of drug-likeness (QED) is 0.713. The van der Waals surface area contributed by atoms with Gasteiger partial charge in [-0.25, -0.2) is 4.39 Å². The monoisotopic (exact) mass is 397 g/mol. The number of halogens is 2. The van der Waals surface area contributed by atoms with Crippen molar-refractivity contribution in [1.29, 1.82) is 0 Å². The maximum absolute atomic E-state index is 13.0. The Morgan fingerprint density at radius 3 is 2.54 bits per heavy atom. The summed E-state index contributed by atoms with van der Waals surface area (Å²) in [4.78, 5) is 0. The molecule has 1 unspecified atom stereocenters. The molecule has 0 amide bonds. The van der Waals surface area contributed by atoms with Gasteiger partial charge in [0.25, 0.3) is 0 Å². The van der Waals surface area contributed by atoms with E-state index in [0.29, 0.717) is 31.2 Å². The lowest BCUT2D eigenvalue weighted by Crippen LogP contribution is -2.24. The molecule has 4 nitrogen and oxygen atoms in total. The van der Waals surface area contributed by atoms with Gasteiger partial charge in [0.2, 0.25) is 0 Å². The SMILES string of the molecule is COc1ccc(Br)c(CNCC(C)O)c1OCc1ccc(F)cc1. The van der Waals surface area contributed by atoms with Crippen molar-refractivity contribution in [3.05, 3.63) is 57.8 Å². The van der Waals surface area contributed by atoms with Crippen molar-refractivity contribution in [3.8, 4) is 11.5 Å². The zero-order valence-corrected chi connectivity index (χ0v) is 15.3. The smallest absolute Gasteiger partial charge is 0.167 e. The number of nitrogens with one attached hydrogen (secondary N) is 1. The second kappa shape index (κ2) is 9.01. The molecule has 0 saturated carbocycles. The number of hydrogen-bond donors (Lipinski definition) is 2. The highest BCUT2D eigenvalue weighted by molar-refractivity contribution is 9.10. The van der Waals surface area contributed by atoms with Gasteiger partial charge in [0.05, 0.1) is 13.2 Å². The molecule has 0 heterocycles. The first-order valence-electron chi connectivity index (χ1n) is 7.62. The normalized spacial score (nSPS) is 12.0. The Hall–Kier alpha value is -1.63. The highest BCUT2D eigenvalue weighted by Crippen LogP contribution is 2.36. The van der Waals surface area contributed by atoms with Crippen LogP contribution in [0.15, 0.2) is 40.9 Å². The van der Waals surface area contributed by atoms with Gasteiger partial charge in [0, 0.05) is 23.1 Å². The van der Waals surface area contributed by atoms with E-state index in [4.69, 9.17) is 9.47 Å². The van der Waals surface area contributed by atoms with E-state index in [1.165, 1.54) is 12.1 Å². The van der Waals surface area contributed by atoms with E-state index < -0.39 is 6.10 Å². The van der Waals surface area contributed by atoms with Gasteiger partial charge in [-0.1, -0.05) is 28.1 Å². The van der Waals surface area contributed by atoms with E-state index in [-0.39, 0.29) is 5.82 Å². The topological polar surface area (TPSA) is 50.7 Å². The van der Waals surface area contributed by atoms with Gasteiger partial charge in [-0.3, -0.25) is 0 Å². The van der Waals surface area contributed by atoms with Crippen LogP contribution in [0.2, 0.25) is 0 Å². The van der Waals surface area contributed by atoms with Crippen molar-refractivity contribution < 1.29 is 19.0 Å².